The fraction of sp³-hybridized carbons (Fsp3) is 0.765. The van der Waals surface area contributed by atoms with Gasteiger partial charge in [0.15, 0.2) is 0 Å². The second kappa shape index (κ2) is 4.37. The topological polar surface area (TPSA) is 27.8 Å². The SMILES string of the molecule is CC(NCc1ccc[nH]1)C12CC3CC(CC(C3)C1)C2. The van der Waals surface area contributed by atoms with Crippen molar-refractivity contribution in [1.29, 1.82) is 0 Å². The maximum absolute atomic E-state index is 3.81. The molecule has 2 nitrogen and oxygen atoms in total. The Kier molecular flexibility index (Phi) is 2.77. The minimum Gasteiger partial charge on any atom is -0.364 e. The summed E-state index contributed by atoms with van der Waals surface area (Å²) in [6.45, 7) is 3.44. The fourth-order valence-electron chi connectivity index (χ4n) is 5.67. The van der Waals surface area contributed by atoms with E-state index < -0.39 is 0 Å². The monoisotopic (exact) mass is 258 g/mol. The fourth-order valence-corrected chi connectivity index (χ4v) is 5.67. The molecule has 1 unspecified atom stereocenters. The molecule has 4 saturated carbocycles. The van der Waals surface area contributed by atoms with E-state index in [1.165, 1.54) is 25.0 Å². The van der Waals surface area contributed by atoms with Crippen LogP contribution < -0.4 is 5.32 Å². The Hall–Kier alpha value is -0.760. The minimum atomic E-state index is 0.626. The summed E-state index contributed by atoms with van der Waals surface area (Å²) in [7, 11) is 0. The van der Waals surface area contributed by atoms with Crippen LogP contribution in [0.25, 0.3) is 0 Å². The molecule has 0 amide bonds. The van der Waals surface area contributed by atoms with Crippen LogP contribution in [0.4, 0.5) is 0 Å². The predicted octanol–water partition coefficient (Wildman–Crippen LogP) is 3.71. The summed E-state index contributed by atoms with van der Waals surface area (Å²) in [5.41, 5.74) is 1.94. The van der Waals surface area contributed by atoms with Crippen molar-refractivity contribution in [3.8, 4) is 0 Å². The zero-order valence-corrected chi connectivity index (χ0v) is 12.0. The Balaban J connectivity index is 1.45. The van der Waals surface area contributed by atoms with Gasteiger partial charge in [-0.2, -0.15) is 0 Å². The number of hydrogen-bond donors (Lipinski definition) is 2. The summed E-state index contributed by atoms with van der Waals surface area (Å²) >= 11 is 0. The van der Waals surface area contributed by atoms with E-state index in [2.05, 4.69) is 29.4 Å². The molecule has 2 heteroatoms. The van der Waals surface area contributed by atoms with Crippen molar-refractivity contribution in [2.45, 2.75) is 58.0 Å². The molecule has 5 rings (SSSR count). The van der Waals surface area contributed by atoms with Gasteiger partial charge in [-0.3, -0.25) is 0 Å². The van der Waals surface area contributed by atoms with Crippen molar-refractivity contribution in [2.24, 2.45) is 23.2 Å². The largest absolute Gasteiger partial charge is 0.364 e. The van der Waals surface area contributed by atoms with Crippen molar-refractivity contribution in [3.63, 3.8) is 0 Å². The number of aromatic amines is 1. The lowest BCUT2D eigenvalue weighted by molar-refractivity contribution is -0.0707. The van der Waals surface area contributed by atoms with Gasteiger partial charge in [0.1, 0.15) is 0 Å². The molecular weight excluding hydrogens is 232 g/mol. The Labute approximate surface area is 116 Å². The van der Waals surface area contributed by atoms with E-state index in [0.717, 1.165) is 24.3 Å². The summed E-state index contributed by atoms with van der Waals surface area (Å²) in [6.07, 6.45) is 11.1. The van der Waals surface area contributed by atoms with Gasteiger partial charge in [-0.25, -0.2) is 0 Å². The third-order valence-electron chi connectivity index (χ3n) is 6.27. The summed E-state index contributed by atoms with van der Waals surface area (Å²) < 4.78 is 0. The molecule has 0 spiro atoms. The third kappa shape index (κ3) is 2.05. The zero-order valence-electron chi connectivity index (χ0n) is 12.0. The van der Waals surface area contributed by atoms with Gasteiger partial charge >= 0.3 is 0 Å². The highest BCUT2D eigenvalue weighted by atomic mass is 14.9. The van der Waals surface area contributed by atoms with Crippen LogP contribution >= 0.6 is 0 Å². The van der Waals surface area contributed by atoms with Crippen LogP contribution in [-0.2, 0) is 6.54 Å². The maximum atomic E-state index is 3.81. The van der Waals surface area contributed by atoms with Crippen LogP contribution in [0.15, 0.2) is 18.3 Å². The molecule has 4 aliphatic rings. The van der Waals surface area contributed by atoms with Gasteiger partial charge in [-0.1, -0.05) is 0 Å². The van der Waals surface area contributed by atoms with Gasteiger partial charge in [-0.15, -0.1) is 0 Å². The first-order valence-corrected chi connectivity index (χ1v) is 8.09. The second-order valence-electron chi connectivity index (χ2n) is 7.58. The number of hydrogen-bond acceptors (Lipinski definition) is 1. The quantitative estimate of drug-likeness (QED) is 0.846. The molecule has 0 aromatic carbocycles. The van der Waals surface area contributed by atoms with Crippen molar-refractivity contribution in [1.82, 2.24) is 10.3 Å². The van der Waals surface area contributed by atoms with Gasteiger partial charge in [0.25, 0.3) is 0 Å². The van der Waals surface area contributed by atoms with Crippen molar-refractivity contribution >= 4 is 0 Å². The number of nitrogens with one attached hydrogen (secondary N) is 2. The molecular formula is C17H26N2. The lowest BCUT2D eigenvalue weighted by Gasteiger charge is -2.59. The summed E-state index contributed by atoms with van der Waals surface area (Å²) in [4.78, 5) is 3.30. The van der Waals surface area contributed by atoms with Crippen LogP contribution in [0, 0.1) is 23.2 Å². The third-order valence-corrected chi connectivity index (χ3v) is 6.27. The normalized spacial score (nSPS) is 41.6. The second-order valence-corrected chi connectivity index (χ2v) is 7.58. The smallest absolute Gasteiger partial charge is 0.0359 e. The molecule has 2 N–H and O–H groups in total. The Morgan fingerprint density at radius 3 is 2.37 bits per heavy atom. The lowest BCUT2D eigenvalue weighted by atomic mass is 9.48. The average Bonchev–Trinajstić information content (AvgIpc) is 2.87. The first-order chi connectivity index (χ1) is 9.23. The summed E-state index contributed by atoms with van der Waals surface area (Å²) in [6, 6.07) is 4.94. The van der Waals surface area contributed by atoms with Crippen LogP contribution in [0.3, 0.4) is 0 Å². The minimum absolute atomic E-state index is 0.626. The van der Waals surface area contributed by atoms with E-state index in [1.807, 2.05) is 6.20 Å². The molecule has 0 saturated heterocycles. The standard InChI is InChI=1S/C17H26N2/c1-12(19-11-16-3-2-4-18-16)17-8-13-5-14(9-17)7-15(6-13)10-17/h2-4,12-15,18-19H,5-11H2,1H3. The average molecular weight is 258 g/mol. The molecule has 104 valence electrons. The van der Waals surface area contributed by atoms with Gasteiger partial charge in [-0.05, 0) is 80.8 Å². The summed E-state index contributed by atoms with van der Waals surface area (Å²) in [5, 5.41) is 3.81. The molecule has 4 fully saturated rings. The molecule has 1 heterocycles. The Bertz CT molecular complexity index is 399. The number of H-pyrrole nitrogens is 1. The van der Waals surface area contributed by atoms with Gasteiger partial charge in [0, 0.05) is 24.5 Å². The van der Waals surface area contributed by atoms with E-state index in [-0.39, 0.29) is 0 Å². The van der Waals surface area contributed by atoms with Crippen LogP contribution in [0.5, 0.6) is 0 Å². The predicted molar refractivity (Wildman–Crippen MR) is 77.7 cm³/mol. The van der Waals surface area contributed by atoms with Crippen molar-refractivity contribution < 1.29 is 0 Å². The lowest BCUT2D eigenvalue weighted by Crippen LogP contribution is -2.54. The molecule has 4 bridgehead atoms. The highest BCUT2D eigenvalue weighted by Crippen LogP contribution is 2.61. The molecule has 19 heavy (non-hydrogen) atoms. The van der Waals surface area contributed by atoms with E-state index in [0.29, 0.717) is 11.5 Å². The summed E-state index contributed by atoms with van der Waals surface area (Å²) in [5.74, 6) is 3.17. The van der Waals surface area contributed by atoms with Gasteiger partial charge in [0.2, 0.25) is 0 Å². The van der Waals surface area contributed by atoms with Crippen LogP contribution in [0.1, 0.15) is 51.1 Å². The van der Waals surface area contributed by atoms with E-state index in [4.69, 9.17) is 0 Å². The van der Waals surface area contributed by atoms with E-state index in [1.54, 1.807) is 19.3 Å². The first-order valence-electron chi connectivity index (χ1n) is 8.09. The number of aromatic nitrogens is 1. The molecule has 0 radical (unpaired) electrons. The first kappa shape index (κ1) is 12.0. The maximum Gasteiger partial charge on any atom is 0.0359 e. The molecule has 1 aromatic rings. The zero-order chi connectivity index (χ0) is 12.9. The van der Waals surface area contributed by atoms with E-state index >= 15 is 0 Å². The van der Waals surface area contributed by atoms with Gasteiger partial charge < -0.3 is 10.3 Å². The number of rotatable bonds is 4. The Morgan fingerprint density at radius 1 is 1.21 bits per heavy atom. The van der Waals surface area contributed by atoms with Crippen molar-refractivity contribution in [3.05, 3.63) is 24.0 Å². The van der Waals surface area contributed by atoms with Crippen molar-refractivity contribution in [2.75, 3.05) is 0 Å². The highest BCUT2D eigenvalue weighted by molar-refractivity contribution is 5.07. The molecule has 1 atom stereocenters. The molecule has 0 aliphatic heterocycles. The highest BCUT2D eigenvalue weighted by Gasteiger charge is 2.52. The molecule has 1 aromatic heterocycles. The van der Waals surface area contributed by atoms with Gasteiger partial charge in [0.05, 0.1) is 0 Å². The molecule has 4 aliphatic carbocycles. The van der Waals surface area contributed by atoms with Crippen LogP contribution in [0.2, 0.25) is 0 Å². The Morgan fingerprint density at radius 2 is 1.84 bits per heavy atom. The van der Waals surface area contributed by atoms with E-state index in [9.17, 15) is 0 Å². The van der Waals surface area contributed by atoms with Crippen LogP contribution in [-0.4, -0.2) is 11.0 Å².